The van der Waals surface area contributed by atoms with E-state index >= 15 is 0 Å². The van der Waals surface area contributed by atoms with E-state index in [1.807, 2.05) is 4.90 Å². The number of nitrogens with one attached hydrogen (secondary N) is 1. The van der Waals surface area contributed by atoms with Crippen molar-refractivity contribution in [3.8, 4) is 0 Å². The predicted molar refractivity (Wildman–Crippen MR) is 81.0 cm³/mol. The molecule has 4 heteroatoms. The van der Waals surface area contributed by atoms with Crippen LogP contribution in [0.1, 0.15) is 19.4 Å². The minimum Gasteiger partial charge on any atom is -0.357 e. The lowest BCUT2D eigenvalue weighted by atomic mass is 9.99. The largest absolute Gasteiger partial charge is 0.357 e. The molecule has 4 nitrogen and oxygen atoms in total. The van der Waals surface area contributed by atoms with Crippen LogP contribution in [0.4, 0.5) is 5.69 Å². The molecule has 1 aromatic carbocycles. The van der Waals surface area contributed by atoms with Crippen molar-refractivity contribution in [1.82, 2.24) is 10.2 Å². The van der Waals surface area contributed by atoms with E-state index in [4.69, 9.17) is 0 Å². The van der Waals surface area contributed by atoms with Gasteiger partial charge in [-0.25, -0.2) is 0 Å². The quantitative estimate of drug-likeness (QED) is 0.881. The van der Waals surface area contributed by atoms with E-state index in [9.17, 15) is 4.79 Å². The fourth-order valence-electron chi connectivity index (χ4n) is 3.29. The number of anilines is 1. The zero-order valence-electron chi connectivity index (χ0n) is 12.4. The van der Waals surface area contributed by atoms with Gasteiger partial charge in [0.05, 0.1) is 0 Å². The Morgan fingerprint density at radius 2 is 1.85 bits per heavy atom. The summed E-state index contributed by atoms with van der Waals surface area (Å²) in [4.78, 5) is 17.1. The zero-order valence-corrected chi connectivity index (χ0v) is 12.4. The highest BCUT2D eigenvalue weighted by Gasteiger charge is 2.40. The summed E-state index contributed by atoms with van der Waals surface area (Å²) >= 11 is 0. The number of carbonyl (C=O) groups excluding carboxylic acids is 1. The molecule has 2 heterocycles. The zero-order chi connectivity index (χ0) is 14.2. The van der Waals surface area contributed by atoms with E-state index in [0.29, 0.717) is 0 Å². The molecule has 1 amide bonds. The molecule has 2 aliphatic rings. The summed E-state index contributed by atoms with van der Waals surface area (Å²) in [6.45, 7) is 8.48. The first kappa shape index (κ1) is 13.4. The van der Waals surface area contributed by atoms with Gasteiger partial charge in [0.25, 0.3) is 0 Å². The highest BCUT2D eigenvalue weighted by molar-refractivity contribution is 5.90. The first-order chi connectivity index (χ1) is 9.60. The number of hydrogen-bond donors (Lipinski definition) is 1. The normalized spacial score (nSPS) is 19.1. The van der Waals surface area contributed by atoms with Gasteiger partial charge in [0.15, 0.2) is 0 Å². The maximum Gasteiger partial charge on any atom is 0.247 e. The Balaban J connectivity index is 1.83. The van der Waals surface area contributed by atoms with Gasteiger partial charge in [-0.3, -0.25) is 4.79 Å². The van der Waals surface area contributed by atoms with Crippen molar-refractivity contribution in [3.05, 3.63) is 29.8 Å². The Hall–Kier alpha value is -1.55. The van der Waals surface area contributed by atoms with E-state index in [1.165, 1.54) is 11.3 Å². The molecule has 0 atom stereocenters. The molecule has 0 bridgehead atoms. The van der Waals surface area contributed by atoms with E-state index in [2.05, 4.69) is 48.3 Å². The monoisotopic (exact) mass is 273 g/mol. The molecule has 0 saturated carbocycles. The molecule has 0 spiro atoms. The van der Waals surface area contributed by atoms with Crippen LogP contribution in [-0.4, -0.2) is 49.1 Å². The molecule has 1 fully saturated rings. The van der Waals surface area contributed by atoms with Gasteiger partial charge in [-0.15, -0.1) is 0 Å². The van der Waals surface area contributed by atoms with Crippen LogP contribution in [0.25, 0.3) is 0 Å². The van der Waals surface area contributed by atoms with Gasteiger partial charge in [-0.1, -0.05) is 18.2 Å². The summed E-state index contributed by atoms with van der Waals surface area (Å²) in [6.07, 6.45) is 1.04. The first-order valence-electron chi connectivity index (χ1n) is 7.46. The molecule has 3 rings (SSSR count). The van der Waals surface area contributed by atoms with Crippen LogP contribution in [0.15, 0.2) is 24.3 Å². The number of para-hydroxylation sites is 1. The van der Waals surface area contributed by atoms with Gasteiger partial charge in [0.1, 0.15) is 5.54 Å². The second kappa shape index (κ2) is 5.09. The summed E-state index contributed by atoms with van der Waals surface area (Å²) in [7, 11) is 0. The van der Waals surface area contributed by atoms with Gasteiger partial charge >= 0.3 is 0 Å². The number of amides is 1. The average Bonchev–Trinajstić information content (AvgIpc) is 2.92. The molecule has 1 N–H and O–H groups in total. The summed E-state index contributed by atoms with van der Waals surface area (Å²) in [6, 6.07) is 8.44. The van der Waals surface area contributed by atoms with Crippen LogP contribution >= 0.6 is 0 Å². The summed E-state index contributed by atoms with van der Waals surface area (Å²) < 4.78 is 0. The third kappa shape index (κ3) is 2.18. The van der Waals surface area contributed by atoms with Crippen LogP contribution in [0.5, 0.6) is 0 Å². The number of nitrogens with zero attached hydrogens (tertiary/aromatic N) is 2. The molecule has 20 heavy (non-hydrogen) atoms. The Kier molecular flexibility index (Phi) is 3.42. The SMILES string of the molecule is CC(C)(C(=O)N1CCNCC1)N1CCc2ccccc21. The maximum atomic E-state index is 12.9. The number of carbonyl (C=O) groups is 1. The van der Waals surface area contributed by atoms with E-state index in [1.54, 1.807) is 0 Å². The van der Waals surface area contributed by atoms with Crippen molar-refractivity contribution in [3.63, 3.8) is 0 Å². The lowest BCUT2D eigenvalue weighted by Crippen LogP contribution is -2.59. The topological polar surface area (TPSA) is 35.6 Å². The number of hydrogen-bond acceptors (Lipinski definition) is 3. The minimum absolute atomic E-state index is 0.246. The Morgan fingerprint density at radius 3 is 2.60 bits per heavy atom. The predicted octanol–water partition coefficient (Wildman–Crippen LogP) is 1.26. The van der Waals surface area contributed by atoms with E-state index in [-0.39, 0.29) is 5.91 Å². The number of rotatable bonds is 2. The molecule has 0 radical (unpaired) electrons. The van der Waals surface area contributed by atoms with Crippen LogP contribution < -0.4 is 10.2 Å². The van der Waals surface area contributed by atoms with E-state index in [0.717, 1.165) is 39.1 Å². The van der Waals surface area contributed by atoms with Crippen LogP contribution in [0.3, 0.4) is 0 Å². The van der Waals surface area contributed by atoms with Crippen LogP contribution in [-0.2, 0) is 11.2 Å². The smallest absolute Gasteiger partial charge is 0.247 e. The molecule has 1 aromatic rings. The van der Waals surface area contributed by atoms with Crippen molar-refractivity contribution in [1.29, 1.82) is 0 Å². The average molecular weight is 273 g/mol. The molecular formula is C16H23N3O. The molecule has 0 aromatic heterocycles. The second-order valence-electron chi connectivity index (χ2n) is 6.13. The highest BCUT2D eigenvalue weighted by atomic mass is 16.2. The van der Waals surface area contributed by atoms with Crippen molar-refractivity contribution < 1.29 is 4.79 Å². The molecule has 0 unspecified atom stereocenters. The van der Waals surface area contributed by atoms with Gasteiger partial charge in [-0.05, 0) is 31.9 Å². The fraction of sp³-hybridized carbons (Fsp3) is 0.562. The van der Waals surface area contributed by atoms with Crippen LogP contribution in [0, 0.1) is 0 Å². The Bertz CT molecular complexity index is 506. The number of benzene rings is 1. The molecular weight excluding hydrogens is 250 g/mol. The second-order valence-corrected chi connectivity index (χ2v) is 6.13. The minimum atomic E-state index is -0.468. The number of fused-ring (bicyclic) bond motifs is 1. The third-order valence-electron chi connectivity index (χ3n) is 4.49. The summed E-state index contributed by atoms with van der Waals surface area (Å²) in [5, 5.41) is 3.30. The summed E-state index contributed by atoms with van der Waals surface area (Å²) in [5.74, 6) is 0.246. The van der Waals surface area contributed by atoms with Crippen molar-refractivity contribution in [2.45, 2.75) is 25.8 Å². The van der Waals surface area contributed by atoms with Gasteiger partial charge in [0, 0.05) is 38.4 Å². The lowest BCUT2D eigenvalue weighted by molar-refractivity contribution is -0.136. The van der Waals surface area contributed by atoms with Gasteiger partial charge < -0.3 is 15.1 Å². The molecule has 0 aliphatic carbocycles. The van der Waals surface area contributed by atoms with Crippen molar-refractivity contribution in [2.24, 2.45) is 0 Å². The Morgan fingerprint density at radius 1 is 1.15 bits per heavy atom. The van der Waals surface area contributed by atoms with E-state index < -0.39 is 5.54 Å². The standard InChI is InChI=1S/C16H23N3O/c1-16(2,15(20)18-11-8-17-9-12-18)19-10-7-13-5-3-4-6-14(13)19/h3-6,17H,7-12H2,1-2H3. The molecule has 1 saturated heterocycles. The van der Waals surface area contributed by atoms with Gasteiger partial charge in [0.2, 0.25) is 5.91 Å². The third-order valence-corrected chi connectivity index (χ3v) is 4.49. The number of piperazine rings is 1. The summed E-state index contributed by atoms with van der Waals surface area (Å²) in [5.41, 5.74) is 2.11. The van der Waals surface area contributed by atoms with Gasteiger partial charge in [-0.2, -0.15) is 0 Å². The molecule has 2 aliphatic heterocycles. The Labute approximate surface area is 120 Å². The lowest BCUT2D eigenvalue weighted by Gasteiger charge is -2.41. The van der Waals surface area contributed by atoms with Crippen molar-refractivity contribution in [2.75, 3.05) is 37.6 Å². The first-order valence-corrected chi connectivity index (χ1v) is 7.46. The fourth-order valence-corrected chi connectivity index (χ4v) is 3.29. The van der Waals surface area contributed by atoms with Crippen molar-refractivity contribution >= 4 is 11.6 Å². The maximum absolute atomic E-state index is 12.9. The highest BCUT2D eigenvalue weighted by Crippen LogP contribution is 2.34. The molecule has 108 valence electrons. The van der Waals surface area contributed by atoms with Crippen LogP contribution in [0.2, 0.25) is 0 Å².